The van der Waals surface area contributed by atoms with E-state index in [1.54, 1.807) is 0 Å². The number of carbonyl (C=O) groups excluding carboxylic acids is 1. The molecule has 2 unspecified atom stereocenters. The number of piperidine rings is 1. The summed E-state index contributed by atoms with van der Waals surface area (Å²) in [6, 6.07) is 8.24. The van der Waals surface area contributed by atoms with E-state index in [4.69, 9.17) is 0 Å². The average molecular weight is 359 g/mol. The highest BCUT2D eigenvalue weighted by molar-refractivity contribution is 7.99. The minimum atomic E-state index is 0.197. The molecular formula is C19H26N4OS. The van der Waals surface area contributed by atoms with Crippen molar-refractivity contribution in [2.45, 2.75) is 32.3 Å². The summed E-state index contributed by atoms with van der Waals surface area (Å²) in [5.74, 6) is 2.61. The summed E-state index contributed by atoms with van der Waals surface area (Å²) >= 11 is 1.47. The highest BCUT2D eigenvalue weighted by atomic mass is 32.2. The average Bonchev–Trinajstić information content (AvgIpc) is 2.93. The molecule has 1 aliphatic rings. The fourth-order valence-corrected chi connectivity index (χ4v) is 4.29. The Morgan fingerprint density at radius 2 is 1.80 bits per heavy atom. The number of aryl methyl sites for hydroxylation is 1. The predicted octanol–water partition coefficient (Wildman–Crippen LogP) is 3.39. The van der Waals surface area contributed by atoms with Crippen LogP contribution in [-0.4, -0.2) is 44.4 Å². The third-order valence-electron chi connectivity index (χ3n) is 4.69. The van der Waals surface area contributed by atoms with Gasteiger partial charge in [-0.25, -0.2) is 0 Å². The highest BCUT2D eigenvalue weighted by Crippen LogP contribution is 2.25. The molecule has 1 aromatic carbocycles. The van der Waals surface area contributed by atoms with Gasteiger partial charge in [0.2, 0.25) is 5.91 Å². The predicted molar refractivity (Wildman–Crippen MR) is 101 cm³/mol. The Labute approximate surface area is 153 Å². The second kappa shape index (κ2) is 7.60. The number of thioether (sulfide) groups is 1. The Morgan fingerprint density at radius 1 is 1.16 bits per heavy atom. The summed E-state index contributed by atoms with van der Waals surface area (Å²) < 4.78 is 1.96. The van der Waals surface area contributed by atoms with Gasteiger partial charge in [0, 0.05) is 25.7 Å². The summed E-state index contributed by atoms with van der Waals surface area (Å²) in [6.07, 6.45) is 1.21. The van der Waals surface area contributed by atoms with Crippen molar-refractivity contribution in [2.24, 2.45) is 18.9 Å². The molecular weight excluding hydrogens is 332 g/mol. The van der Waals surface area contributed by atoms with Crippen LogP contribution in [0.4, 0.5) is 0 Å². The first-order chi connectivity index (χ1) is 11.9. The molecule has 0 spiro atoms. The lowest BCUT2D eigenvalue weighted by molar-refractivity contribution is -0.130. The quantitative estimate of drug-likeness (QED) is 0.786. The van der Waals surface area contributed by atoms with Crippen LogP contribution in [0.2, 0.25) is 0 Å². The van der Waals surface area contributed by atoms with E-state index >= 15 is 0 Å². The first-order valence-electron chi connectivity index (χ1n) is 8.81. The van der Waals surface area contributed by atoms with Crippen molar-refractivity contribution in [2.75, 3.05) is 18.8 Å². The second-order valence-electron chi connectivity index (χ2n) is 7.26. The van der Waals surface area contributed by atoms with E-state index in [0.717, 1.165) is 29.6 Å². The number of benzene rings is 1. The number of likely N-dealkylation sites (tertiary alicyclic amines) is 1. The normalized spacial score (nSPS) is 20.7. The molecule has 1 amide bonds. The molecule has 1 fully saturated rings. The molecule has 6 heteroatoms. The first kappa shape index (κ1) is 18.0. The Kier molecular flexibility index (Phi) is 5.47. The molecule has 0 aliphatic carbocycles. The van der Waals surface area contributed by atoms with Crippen molar-refractivity contribution < 1.29 is 4.79 Å². The van der Waals surface area contributed by atoms with Crippen LogP contribution in [0, 0.1) is 18.8 Å². The van der Waals surface area contributed by atoms with E-state index in [-0.39, 0.29) is 5.91 Å². The van der Waals surface area contributed by atoms with Gasteiger partial charge in [-0.1, -0.05) is 55.4 Å². The lowest BCUT2D eigenvalue weighted by Gasteiger charge is -2.34. The Hall–Kier alpha value is -1.82. The smallest absolute Gasteiger partial charge is 0.233 e. The molecule has 25 heavy (non-hydrogen) atoms. The van der Waals surface area contributed by atoms with Crippen molar-refractivity contribution in [1.82, 2.24) is 19.7 Å². The van der Waals surface area contributed by atoms with E-state index in [1.807, 2.05) is 16.5 Å². The largest absolute Gasteiger partial charge is 0.341 e. The van der Waals surface area contributed by atoms with Crippen molar-refractivity contribution in [1.29, 1.82) is 0 Å². The number of carbonyl (C=O) groups is 1. The first-order valence-corrected chi connectivity index (χ1v) is 9.79. The molecule has 1 aromatic heterocycles. The van der Waals surface area contributed by atoms with Gasteiger partial charge in [0.1, 0.15) is 0 Å². The minimum Gasteiger partial charge on any atom is -0.341 e. The molecule has 0 radical (unpaired) electrons. The van der Waals surface area contributed by atoms with Crippen LogP contribution >= 0.6 is 11.8 Å². The van der Waals surface area contributed by atoms with Crippen molar-refractivity contribution in [3.63, 3.8) is 0 Å². The third-order valence-corrected chi connectivity index (χ3v) is 5.70. The summed E-state index contributed by atoms with van der Waals surface area (Å²) in [5.41, 5.74) is 2.26. The molecule has 2 atom stereocenters. The Morgan fingerprint density at radius 3 is 2.44 bits per heavy atom. The number of amides is 1. The zero-order valence-electron chi connectivity index (χ0n) is 15.4. The van der Waals surface area contributed by atoms with Crippen LogP contribution in [0.25, 0.3) is 11.4 Å². The highest BCUT2D eigenvalue weighted by Gasteiger charge is 2.25. The Bertz CT molecular complexity index is 730. The van der Waals surface area contributed by atoms with Gasteiger partial charge in [-0.3, -0.25) is 4.79 Å². The Balaban J connectivity index is 1.64. The summed E-state index contributed by atoms with van der Waals surface area (Å²) in [4.78, 5) is 14.5. The van der Waals surface area contributed by atoms with Gasteiger partial charge >= 0.3 is 0 Å². The molecule has 3 rings (SSSR count). The molecule has 1 aliphatic heterocycles. The number of aromatic nitrogens is 3. The van der Waals surface area contributed by atoms with Crippen molar-refractivity contribution in [3.05, 3.63) is 29.8 Å². The van der Waals surface area contributed by atoms with E-state index < -0.39 is 0 Å². The van der Waals surface area contributed by atoms with E-state index in [2.05, 4.69) is 55.2 Å². The summed E-state index contributed by atoms with van der Waals surface area (Å²) in [6.45, 7) is 8.25. The van der Waals surface area contributed by atoms with Gasteiger partial charge < -0.3 is 9.47 Å². The second-order valence-corrected chi connectivity index (χ2v) is 8.21. The number of rotatable bonds is 4. The topological polar surface area (TPSA) is 51.0 Å². The van der Waals surface area contributed by atoms with E-state index in [1.165, 1.54) is 23.7 Å². The maximum absolute atomic E-state index is 12.5. The summed E-state index contributed by atoms with van der Waals surface area (Å²) in [7, 11) is 1.95. The third kappa shape index (κ3) is 4.24. The summed E-state index contributed by atoms with van der Waals surface area (Å²) in [5, 5.41) is 9.34. The molecule has 0 N–H and O–H groups in total. The fourth-order valence-electron chi connectivity index (χ4n) is 3.48. The molecule has 0 bridgehead atoms. The van der Waals surface area contributed by atoms with Gasteiger partial charge in [0.05, 0.1) is 5.75 Å². The fraction of sp³-hybridized carbons (Fsp3) is 0.526. The zero-order chi connectivity index (χ0) is 18.0. The molecule has 1 saturated heterocycles. The maximum atomic E-state index is 12.5. The lowest BCUT2D eigenvalue weighted by Crippen LogP contribution is -2.43. The van der Waals surface area contributed by atoms with Gasteiger partial charge in [-0.2, -0.15) is 0 Å². The van der Waals surface area contributed by atoms with Crippen LogP contribution in [-0.2, 0) is 11.8 Å². The van der Waals surface area contributed by atoms with Gasteiger partial charge in [-0.15, -0.1) is 10.2 Å². The SMILES string of the molecule is Cc1ccc(-c2nnc(SCC(=O)N3CC(C)CC(C)C3)n2C)cc1. The lowest BCUT2D eigenvalue weighted by atomic mass is 9.92. The number of hydrogen-bond acceptors (Lipinski definition) is 4. The monoisotopic (exact) mass is 358 g/mol. The molecule has 5 nitrogen and oxygen atoms in total. The van der Waals surface area contributed by atoms with Crippen LogP contribution < -0.4 is 0 Å². The van der Waals surface area contributed by atoms with Crippen molar-refractivity contribution in [3.8, 4) is 11.4 Å². The molecule has 2 heterocycles. The number of hydrogen-bond donors (Lipinski definition) is 0. The standard InChI is InChI=1S/C19H26N4OS/c1-13-5-7-16(8-6-13)18-20-21-19(22(18)4)25-12-17(24)23-10-14(2)9-15(3)11-23/h5-8,14-15H,9-12H2,1-4H3. The minimum absolute atomic E-state index is 0.197. The van der Waals surface area contributed by atoms with E-state index in [9.17, 15) is 4.79 Å². The zero-order valence-corrected chi connectivity index (χ0v) is 16.2. The molecule has 0 saturated carbocycles. The van der Waals surface area contributed by atoms with E-state index in [0.29, 0.717) is 17.6 Å². The maximum Gasteiger partial charge on any atom is 0.233 e. The van der Waals surface area contributed by atoms with Gasteiger partial charge in [-0.05, 0) is 25.2 Å². The van der Waals surface area contributed by atoms with Crippen LogP contribution in [0.1, 0.15) is 25.8 Å². The number of nitrogens with zero attached hydrogens (tertiary/aromatic N) is 4. The van der Waals surface area contributed by atoms with Crippen LogP contribution in [0.15, 0.2) is 29.4 Å². The van der Waals surface area contributed by atoms with Crippen LogP contribution in [0.3, 0.4) is 0 Å². The van der Waals surface area contributed by atoms with Gasteiger partial charge in [0.15, 0.2) is 11.0 Å². The van der Waals surface area contributed by atoms with Crippen LogP contribution in [0.5, 0.6) is 0 Å². The molecule has 2 aromatic rings. The van der Waals surface area contributed by atoms with Crippen molar-refractivity contribution >= 4 is 17.7 Å². The van der Waals surface area contributed by atoms with Gasteiger partial charge in [0.25, 0.3) is 0 Å². The molecule has 134 valence electrons.